The zero-order valence-corrected chi connectivity index (χ0v) is 13.2. The van der Waals surface area contributed by atoms with Crippen LogP contribution in [0.2, 0.25) is 0 Å². The average Bonchev–Trinajstić information content (AvgIpc) is 3.16. The van der Waals surface area contributed by atoms with Crippen molar-refractivity contribution in [3.05, 3.63) is 72.6 Å². The number of para-hydroxylation sites is 1. The molecular weight excluding hydrogens is 318 g/mol. The molecule has 2 heterocycles. The van der Waals surface area contributed by atoms with E-state index in [4.69, 9.17) is 4.74 Å². The highest BCUT2D eigenvalue weighted by molar-refractivity contribution is 6.07. The fraction of sp³-hybridized carbons (Fsp3) is 0.0526. The number of fused-ring (bicyclic) bond motifs is 1. The minimum Gasteiger partial charge on any atom is -0.479 e. The SMILES string of the molecule is O=C1COc2c(cccc2NC(=O)c2cccc(-n3cccc3)c2)N1. The molecule has 2 amide bonds. The molecule has 2 aromatic carbocycles. The molecule has 6 heteroatoms. The van der Waals surface area contributed by atoms with E-state index in [9.17, 15) is 9.59 Å². The molecular formula is C19H15N3O3. The minimum absolute atomic E-state index is 0.0665. The normalized spacial score (nSPS) is 12.7. The molecule has 0 radical (unpaired) electrons. The molecule has 1 aliphatic heterocycles. The highest BCUT2D eigenvalue weighted by atomic mass is 16.5. The van der Waals surface area contributed by atoms with E-state index in [-0.39, 0.29) is 18.4 Å². The summed E-state index contributed by atoms with van der Waals surface area (Å²) in [4.78, 5) is 24.0. The predicted molar refractivity (Wildman–Crippen MR) is 94.3 cm³/mol. The Morgan fingerprint density at radius 1 is 1.08 bits per heavy atom. The second-order valence-electron chi connectivity index (χ2n) is 5.61. The molecule has 0 saturated heterocycles. The van der Waals surface area contributed by atoms with Crippen molar-refractivity contribution in [2.75, 3.05) is 17.2 Å². The van der Waals surface area contributed by atoms with E-state index in [1.807, 2.05) is 47.3 Å². The fourth-order valence-corrected chi connectivity index (χ4v) is 2.72. The first kappa shape index (κ1) is 15.0. The molecule has 6 nitrogen and oxygen atoms in total. The summed E-state index contributed by atoms with van der Waals surface area (Å²) < 4.78 is 7.39. The summed E-state index contributed by atoms with van der Waals surface area (Å²) in [5.74, 6) is 0.00956. The first-order chi connectivity index (χ1) is 12.2. The van der Waals surface area contributed by atoms with Crippen LogP contribution in [0.15, 0.2) is 67.0 Å². The van der Waals surface area contributed by atoms with Gasteiger partial charge in [0, 0.05) is 23.6 Å². The molecule has 124 valence electrons. The minimum atomic E-state index is -0.247. The molecule has 1 aliphatic rings. The molecule has 3 aromatic rings. The quantitative estimate of drug-likeness (QED) is 0.774. The van der Waals surface area contributed by atoms with E-state index in [0.717, 1.165) is 5.69 Å². The van der Waals surface area contributed by atoms with Gasteiger partial charge in [0.25, 0.3) is 11.8 Å². The number of aromatic nitrogens is 1. The number of carbonyl (C=O) groups excluding carboxylic acids is 2. The van der Waals surface area contributed by atoms with Gasteiger partial charge in [-0.15, -0.1) is 0 Å². The maximum absolute atomic E-state index is 12.6. The number of nitrogens with zero attached hydrogens (tertiary/aromatic N) is 1. The Morgan fingerprint density at radius 3 is 2.72 bits per heavy atom. The van der Waals surface area contributed by atoms with Crippen molar-refractivity contribution in [3.8, 4) is 11.4 Å². The van der Waals surface area contributed by atoms with Gasteiger partial charge in [0.05, 0.1) is 11.4 Å². The number of hydrogen-bond donors (Lipinski definition) is 2. The highest BCUT2D eigenvalue weighted by Crippen LogP contribution is 2.35. The topological polar surface area (TPSA) is 72.4 Å². The number of amides is 2. The number of hydrogen-bond acceptors (Lipinski definition) is 3. The predicted octanol–water partition coefficient (Wildman–Crippen LogP) is 3.06. The van der Waals surface area contributed by atoms with E-state index < -0.39 is 0 Å². The third-order valence-electron chi connectivity index (χ3n) is 3.90. The first-order valence-electron chi connectivity index (χ1n) is 7.81. The lowest BCUT2D eigenvalue weighted by molar-refractivity contribution is -0.118. The lowest BCUT2D eigenvalue weighted by Crippen LogP contribution is -2.26. The van der Waals surface area contributed by atoms with Crippen LogP contribution in [0.25, 0.3) is 5.69 Å². The summed E-state index contributed by atoms with van der Waals surface area (Å²) in [7, 11) is 0. The van der Waals surface area contributed by atoms with E-state index >= 15 is 0 Å². The van der Waals surface area contributed by atoms with Gasteiger partial charge < -0.3 is 19.9 Å². The number of carbonyl (C=O) groups is 2. The third-order valence-corrected chi connectivity index (χ3v) is 3.90. The Hall–Kier alpha value is -3.54. The third kappa shape index (κ3) is 2.97. The Morgan fingerprint density at radius 2 is 1.88 bits per heavy atom. The lowest BCUT2D eigenvalue weighted by atomic mass is 10.1. The molecule has 1 aromatic heterocycles. The fourth-order valence-electron chi connectivity index (χ4n) is 2.72. The second kappa shape index (κ2) is 6.16. The molecule has 0 spiro atoms. The van der Waals surface area contributed by atoms with Gasteiger partial charge in [-0.1, -0.05) is 12.1 Å². The highest BCUT2D eigenvalue weighted by Gasteiger charge is 2.20. The molecule has 0 saturated carbocycles. The Bertz CT molecular complexity index is 948. The maximum Gasteiger partial charge on any atom is 0.262 e. The average molecular weight is 333 g/mol. The summed E-state index contributed by atoms with van der Waals surface area (Å²) in [6.45, 7) is -0.0665. The second-order valence-corrected chi connectivity index (χ2v) is 5.61. The van der Waals surface area contributed by atoms with Crippen molar-refractivity contribution in [3.63, 3.8) is 0 Å². The number of benzene rings is 2. The van der Waals surface area contributed by atoms with E-state index in [0.29, 0.717) is 22.7 Å². The van der Waals surface area contributed by atoms with Gasteiger partial charge in [-0.2, -0.15) is 0 Å². The van der Waals surface area contributed by atoms with Crippen LogP contribution in [0.5, 0.6) is 5.75 Å². The van der Waals surface area contributed by atoms with Crippen molar-refractivity contribution in [2.45, 2.75) is 0 Å². The van der Waals surface area contributed by atoms with Gasteiger partial charge >= 0.3 is 0 Å². The van der Waals surface area contributed by atoms with Gasteiger partial charge in [-0.25, -0.2) is 0 Å². The first-order valence-corrected chi connectivity index (χ1v) is 7.81. The van der Waals surface area contributed by atoms with Crippen molar-refractivity contribution < 1.29 is 14.3 Å². The van der Waals surface area contributed by atoms with Crippen LogP contribution in [0.3, 0.4) is 0 Å². The van der Waals surface area contributed by atoms with Gasteiger partial charge in [0.1, 0.15) is 0 Å². The van der Waals surface area contributed by atoms with Crippen LogP contribution in [-0.2, 0) is 4.79 Å². The maximum atomic E-state index is 12.6. The van der Waals surface area contributed by atoms with E-state index in [1.54, 1.807) is 24.3 Å². The smallest absolute Gasteiger partial charge is 0.262 e. The molecule has 0 bridgehead atoms. The monoisotopic (exact) mass is 333 g/mol. The summed E-state index contributed by atoms with van der Waals surface area (Å²) in [5.41, 5.74) is 2.50. The Kier molecular flexibility index (Phi) is 3.70. The van der Waals surface area contributed by atoms with Crippen molar-refractivity contribution >= 4 is 23.2 Å². The van der Waals surface area contributed by atoms with E-state index in [2.05, 4.69) is 10.6 Å². The van der Waals surface area contributed by atoms with E-state index in [1.165, 1.54) is 0 Å². The molecule has 0 atom stereocenters. The van der Waals surface area contributed by atoms with Crippen molar-refractivity contribution in [1.29, 1.82) is 0 Å². The standard InChI is InChI=1S/C19H15N3O3/c23-17-12-25-18-15(20-17)7-4-8-16(18)21-19(24)13-5-3-6-14(11-13)22-9-1-2-10-22/h1-11H,12H2,(H,20,23)(H,21,24). The number of ether oxygens (including phenoxy) is 1. The Balaban J connectivity index is 1.60. The molecule has 0 unspecified atom stereocenters. The molecule has 0 fully saturated rings. The summed E-state index contributed by atoms with van der Waals surface area (Å²) >= 11 is 0. The van der Waals surface area contributed by atoms with Gasteiger partial charge in [-0.05, 0) is 42.5 Å². The largest absolute Gasteiger partial charge is 0.479 e. The number of nitrogens with one attached hydrogen (secondary N) is 2. The van der Waals surface area contributed by atoms with Crippen LogP contribution >= 0.6 is 0 Å². The van der Waals surface area contributed by atoms with Gasteiger partial charge in [0.15, 0.2) is 12.4 Å². The van der Waals surface area contributed by atoms with Crippen LogP contribution < -0.4 is 15.4 Å². The zero-order chi connectivity index (χ0) is 17.2. The Labute approximate surface area is 144 Å². The van der Waals surface area contributed by atoms with Gasteiger partial charge in [0.2, 0.25) is 0 Å². The number of anilines is 2. The summed E-state index contributed by atoms with van der Waals surface area (Å²) in [5, 5.41) is 5.57. The summed E-state index contributed by atoms with van der Waals surface area (Å²) in [6.07, 6.45) is 3.84. The molecule has 25 heavy (non-hydrogen) atoms. The van der Waals surface area contributed by atoms with Crippen molar-refractivity contribution in [2.24, 2.45) is 0 Å². The molecule has 0 aliphatic carbocycles. The molecule has 4 rings (SSSR count). The lowest BCUT2D eigenvalue weighted by Gasteiger charge is -2.20. The number of rotatable bonds is 3. The molecule has 2 N–H and O–H groups in total. The van der Waals surface area contributed by atoms with Crippen LogP contribution in [-0.4, -0.2) is 23.0 Å². The van der Waals surface area contributed by atoms with Crippen molar-refractivity contribution in [1.82, 2.24) is 4.57 Å². The zero-order valence-electron chi connectivity index (χ0n) is 13.2. The van der Waals surface area contributed by atoms with Crippen LogP contribution in [0.1, 0.15) is 10.4 Å². The van der Waals surface area contributed by atoms with Gasteiger partial charge in [-0.3, -0.25) is 9.59 Å². The summed E-state index contributed by atoms with van der Waals surface area (Å²) in [6, 6.07) is 16.4. The van der Waals surface area contributed by atoms with Crippen LogP contribution in [0, 0.1) is 0 Å². The van der Waals surface area contributed by atoms with Crippen LogP contribution in [0.4, 0.5) is 11.4 Å².